The first-order valence-corrected chi connectivity index (χ1v) is 19.4. The van der Waals surface area contributed by atoms with E-state index in [1.807, 2.05) is 0 Å². The van der Waals surface area contributed by atoms with Crippen molar-refractivity contribution in [3.63, 3.8) is 0 Å². The summed E-state index contributed by atoms with van der Waals surface area (Å²) in [6.07, 6.45) is 12.9. The molecule has 262 valence electrons. The minimum Gasteiger partial charge on any atom is -0.309 e. The van der Waals surface area contributed by atoms with Crippen LogP contribution >= 0.6 is 0 Å². The van der Waals surface area contributed by atoms with E-state index in [-0.39, 0.29) is 0 Å². The Bertz CT molecular complexity index is 3150. The van der Waals surface area contributed by atoms with Gasteiger partial charge in [0.1, 0.15) is 0 Å². The maximum Gasteiger partial charge on any atom is 0.0712 e. The quantitative estimate of drug-likeness (QED) is 0.153. The Hall–Kier alpha value is -6.77. The van der Waals surface area contributed by atoms with Crippen molar-refractivity contribution in [2.24, 2.45) is 4.99 Å². The molecule has 1 heterocycles. The lowest BCUT2D eigenvalue weighted by Crippen LogP contribution is -2.04. The number of benzene rings is 8. The van der Waals surface area contributed by atoms with Crippen LogP contribution in [0, 0.1) is 0 Å². The van der Waals surface area contributed by atoms with Gasteiger partial charge in [0.2, 0.25) is 0 Å². The third-order valence-electron chi connectivity index (χ3n) is 11.3. The summed E-state index contributed by atoms with van der Waals surface area (Å²) in [6, 6.07) is 55.4. The Labute approximate surface area is 321 Å². The molecule has 0 saturated carbocycles. The van der Waals surface area contributed by atoms with Crippen molar-refractivity contribution in [1.29, 1.82) is 0 Å². The van der Waals surface area contributed by atoms with Gasteiger partial charge in [0.15, 0.2) is 0 Å². The van der Waals surface area contributed by atoms with Crippen LogP contribution < -0.4 is 0 Å². The van der Waals surface area contributed by atoms with Crippen molar-refractivity contribution >= 4 is 81.9 Å². The molecule has 0 aliphatic heterocycles. The Morgan fingerprint density at radius 2 is 1.13 bits per heavy atom. The molecule has 1 aromatic heterocycles. The zero-order chi connectivity index (χ0) is 36.9. The van der Waals surface area contributed by atoms with Crippen molar-refractivity contribution in [2.75, 3.05) is 0 Å². The second-order valence-corrected chi connectivity index (χ2v) is 14.5. The van der Waals surface area contributed by atoms with E-state index < -0.39 is 0 Å². The zero-order valence-electron chi connectivity index (χ0n) is 31.1. The van der Waals surface area contributed by atoms with Gasteiger partial charge in [-0.1, -0.05) is 171 Å². The van der Waals surface area contributed by atoms with Gasteiger partial charge >= 0.3 is 0 Å². The number of unbranched alkanes of at least 4 members (excludes halogenated alkanes) is 1. The molecule has 9 aromatic rings. The minimum atomic E-state index is 0.977. The standard InChI is InChI=1S/C53H40N2/c1-3-4-31-47(36-19-6-5-7-20-36)54-48-32-16-14-23-39(48)35(2)37-21-18-22-38(34-37)55-49-33-17-15-30-46(49)52-51-43-27-11-9-25-41(43)40-24-8-10-26-42(40)50(51)44-28-12-13-29-45(44)53(52)55/h5-34H,3-4H2,1-2H3/b39-35+,47-31+,54-48-. The first-order valence-electron chi connectivity index (χ1n) is 19.4. The van der Waals surface area contributed by atoms with Crippen LogP contribution in [0.15, 0.2) is 193 Å². The van der Waals surface area contributed by atoms with Gasteiger partial charge in [-0.15, -0.1) is 0 Å². The predicted molar refractivity (Wildman–Crippen MR) is 238 cm³/mol. The van der Waals surface area contributed by atoms with Gasteiger partial charge in [0.25, 0.3) is 0 Å². The van der Waals surface area contributed by atoms with Gasteiger partial charge in [-0.05, 0) is 86.6 Å². The number of hydrogen-bond acceptors (Lipinski definition) is 1. The third-order valence-corrected chi connectivity index (χ3v) is 11.3. The summed E-state index contributed by atoms with van der Waals surface area (Å²) < 4.78 is 2.50. The summed E-state index contributed by atoms with van der Waals surface area (Å²) in [5.74, 6) is 0. The Morgan fingerprint density at radius 1 is 0.545 bits per heavy atom. The normalized spacial score (nSPS) is 15.1. The summed E-state index contributed by atoms with van der Waals surface area (Å²) in [6.45, 7) is 4.45. The number of allylic oxidation sites excluding steroid dienone is 7. The molecule has 0 saturated heterocycles. The van der Waals surface area contributed by atoms with E-state index in [4.69, 9.17) is 4.99 Å². The van der Waals surface area contributed by atoms with Gasteiger partial charge < -0.3 is 4.57 Å². The molecule has 0 atom stereocenters. The lowest BCUT2D eigenvalue weighted by atomic mass is 9.88. The lowest BCUT2D eigenvalue weighted by molar-refractivity contribution is 0.958. The maximum atomic E-state index is 5.31. The highest BCUT2D eigenvalue weighted by Gasteiger charge is 2.22. The molecule has 0 spiro atoms. The molecule has 2 heteroatoms. The van der Waals surface area contributed by atoms with Crippen LogP contribution in [0.1, 0.15) is 37.8 Å². The van der Waals surface area contributed by atoms with Crippen molar-refractivity contribution < 1.29 is 0 Å². The molecule has 2 nitrogen and oxygen atoms in total. The summed E-state index contributed by atoms with van der Waals surface area (Å²) in [4.78, 5) is 5.31. The van der Waals surface area contributed by atoms with Crippen LogP contribution in [0.5, 0.6) is 0 Å². The predicted octanol–water partition coefficient (Wildman–Crippen LogP) is 14.6. The number of aromatic nitrogens is 1. The Kier molecular flexibility index (Phi) is 8.11. The van der Waals surface area contributed by atoms with Gasteiger partial charge in [-0.2, -0.15) is 0 Å². The lowest BCUT2D eigenvalue weighted by Gasteiger charge is -2.17. The fraction of sp³-hybridized carbons (Fsp3) is 0.0755. The second kappa shape index (κ2) is 13.6. The largest absolute Gasteiger partial charge is 0.309 e. The van der Waals surface area contributed by atoms with Gasteiger partial charge in [-0.25, -0.2) is 4.99 Å². The smallest absolute Gasteiger partial charge is 0.0712 e. The fourth-order valence-electron chi connectivity index (χ4n) is 8.77. The van der Waals surface area contributed by atoms with Crippen LogP contribution in [0.2, 0.25) is 0 Å². The van der Waals surface area contributed by atoms with Crippen LogP contribution in [0.3, 0.4) is 0 Å². The molecular weight excluding hydrogens is 665 g/mol. The molecule has 1 aliphatic carbocycles. The maximum absolute atomic E-state index is 5.31. The van der Waals surface area contributed by atoms with E-state index in [1.54, 1.807) is 0 Å². The van der Waals surface area contributed by atoms with Gasteiger partial charge in [-0.3, -0.25) is 0 Å². The van der Waals surface area contributed by atoms with Crippen LogP contribution in [-0.2, 0) is 0 Å². The molecule has 8 aromatic carbocycles. The van der Waals surface area contributed by atoms with Gasteiger partial charge in [0.05, 0.1) is 22.4 Å². The first-order chi connectivity index (χ1) is 27.2. The summed E-state index contributed by atoms with van der Waals surface area (Å²) in [7, 11) is 0. The summed E-state index contributed by atoms with van der Waals surface area (Å²) in [5, 5.41) is 12.9. The molecule has 0 fully saturated rings. The number of aliphatic imine (C=N–C) groups is 1. The van der Waals surface area contributed by atoms with Crippen molar-refractivity contribution in [2.45, 2.75) is 26.7 Å². The monoisotopic (exact) mass is 704 g/mol. The molecule has 0 radical (unpaired) electrons. The molecule has 0 bridgehead atoms. The Morgan fingerprint density at radius 3 is 1.85 bits per heavy atom. The number of rotatable bonds is 6. The highest BCUT2D eigenvalue weighted by molar-refractivity contribution is 6.42. The second-order valence-electron chi connectivity index (χ2n) is 14.5. The topological polar surface area (TPSA) is 17.3 Å². The van der Waals surface area contributed by atoms with E-state index in [2.05, 4.69) is 200 Å². The molecule has 0 N–H and O–H groups in total. The van der Waals surface area contributed by atoms with E-state index in [0.717, 1.165) is 41.1 Å². The molecule has 10 rings (SSSR count). The molecule has 0 unspecified atom stereocenters. The van der Waals surface area contributed by atoms with Crippen molar-refractivity contribution in [1.82, 2.24) is 4.57 Å². The third kappa shape index (κ3) is 5.36. The van der Waals surface area contributed by atoms with E-state index in [9.17, 15) is 0 Å². The fourth-order valence-corrected chi connectivity index (χ4v) is 8.77. The zero-order valence-corrected chi connectivity index (χ0v) is 31.1. The average Bonchev–Trinajstić information content (AvgIpc) is 3.61. The van der Waals surface area contributed by atoms with Crippen molar-refractivity contribution in [3.05, 3.63) is 199 Å². The highest BCUT2D eigenvalue weighted by atomic mass is 15.0. The van der Waals surface area contributed by atoms with Gasteiger partial charge in [0, 0.05) is 32.8 Å². The number of nitrogens with zero attached hydrogens (tertiary/aromatic N) is 2. The van der Waals surface area contributed by atoms with E-state index in [0.29, 0.717) is 0 Å². The number of fused-ring (bicyclic) bond motifs is 13. The molecule has 0 amide bonds. The first kappa shape index (κ1) is 32.8. The summed E-state index contributed by atoms with van der Waals surface area (Å²) >= 11 is 0. The van der Waals surface area contributed by atoms with E-state index in [1.165, 1.54) is 76.0 Å². The van der Waals surface area contributed by atoms with Crippen LogP contribution in [0.4, 0.5) is 0 Å². The Balaban J connectivity index is 1.25. The number of para-hydroxylation sites is 1. The molecule has 1 aliphatic rings. The van der Waals surface area contributed by atoms with E-state index >= 15 is 0 Å². The van der Waals surface area contributed by atoms with Crippen molar-refractivity contribution in [3.8, 4) is 5.69 Å². The summed E-state index contributed by atoms with van der Waals surface area (Å²) in [5.41, 5.74) is 10.2. The average molecular weight is 705 g/mol. The number of hydrogen-bond donors (Lipinski definition) is 0. The van der Waals surface area contributed by atoms with Crippen LogP contribution in [0.25, 0.3) is 81.9 Å². The molecular formula is C53H40N2. The highest BCUT2D eigenvalue weighted by Crippen LogP contribution is 2.47. The SMILES string of the molecule is CCC/C=C(/N=C1/C=CC=C/C1=C(/C)c1cccc(-n2c3ccccc3c3c4c5ccccc5c5ccccc5c4c4ccccc4c32)c1)c1ccccc1. The molecule has 55 heavy (non-hydrogen) atoms. The minimum absolute atomic E-state index is 0.977. The van der Waals surface area contributed by atoms with Crippen LogP contribution in [-0.4, -0.2) is 10.3 Å².